The largest absolute Gasteiger partial charge is 0.465 e. The normalized spacial score (nSPS) is 12.1. The predicted molar refractivity (Wildman–Crippen MR) is 106 cm³/mol. The van der Waals surface area contributed by atoms with E-state index in [1.165, 1.54) is 18.4 Å². The van der Waals surface area contributed by atoms with E-state index < -0.39 is 12.1 Å². The number of furan rings is 1. The Morgan fingerprint density at radius 3 is 2.07 bits per heavy atom. The minimum absolute atomic E-state index is 0.338. The Balaban J connectivity index is 1.67. The van der Waals surface area contributed by atoms with Gasteiger partial charge in [-0.05, 0) is 36.3 Å². The smallest absolute Gasteiger partial charge is 0.331 e. The van der Waals surface area contributed by atoms with Crippen LogP contribution in [0.3, 0.4) is 0 Å². The molecule has 0 unspecified atom stereocenters. The highest BCUT2D eigenvalue weighted by Gasteiger charge is 2.22. The lowest BCUT2D eigenvalue weighted by molar-refractivity contribution is -0.150. The van der Waals surface area contributed by atoms with E-state index in [9.17, 15) is 9.59 Å². The van der Waals surface area contributed by atoms with Crippen LogP contribution >= 0.6 is 0 Å². The van der Waals surface area contributed by atoms with Gasteiger partial charge in [0.25, 0.3) is 5.91 Å². The zero-order chi connectivity index (χ0) is 19.8. The molecule has 5 nitrogen and oxygen atoms in total. The van der Waals surface area contributed by atoms with Crippen molar-refractivity contribution in [2.45, 2.75) is 19.1 Å². The molecule has 0 aliphatic heterocycles. The van der Waals surface area contributed by atoms with Crippen LogP contribution in [0.15, 0.2) is 89.6 Å². The van der Waals surface area contributed by atoms with Crippen molar-refractivity contribution in [3.63, 3.8) is 0 Å². The molecule has 3 rings (SSSR count). The van der Waals surface area contributed by atoms with Crippen molar-refractivity contribution in [2.75, 3.05) is 0 Å². The number of rotatable bonds is 7. The van der Waals surface area contributed by atoms with E-state index in [4.69, 9.17) is 9.15 Å². The van der Waals surface area contributed by atoms with Crippen molar-refractivity contribution < 1.29 is 18.7 Å². The SMILES string of the molecule is C[C@H](OC(=O)/C=C/c1ccco1)C(=O)NC(c1ccccc1)c1ccccc1. The first kappa shape index (κ1) is 19.2. The molecule has 0 radical (unpaired) electrons. The minimum Gasteiger partial charge on any atom is -0.465 e. The van der Waals surface area contributed by atoms with E-state index >= 15 is 0 Å². The van der Waals surface area contributed by atoms with E-state index in [1.54, 1.807) is 19.1 Å². The molecule has 1 amide bonds. The number of esters is 1. The third-order valence-electron chi connectivity index (χ3n) is 4.14. The molecule has 142 valence electrons. The zero-order valence-electron chi connectivity index (χ0n) is 15.4. The first-order valence-electron chi connectivity index (χ1n) is 8.96. The summed E-state index contributed by atoms with van der Waals surface area (Å²) in [6.07, 6.45) is 3.29. The molecular formula is C23H21NO4. The molecule has 0 aliphatic carbocycles. The molecule has 5 heteroatoms. The van der Waals surface area contributed by atoms with Gasteiger partial charge < -0.3 is 14.5 Å². The minimum atomic E-state index is -0.941. The third kappa shape index (κ3) is 5.20. The average Bonchev–Trinajstić information content (AvgIpc) is 3.25. The van der Waals surface area contributed by atoms with Crippen LogP contribution in [0.2, 0.25) is 0 Å². The molecule has 1 aromatic heterocycles. The highest BCUT2D eigenvalue weighted by Crippen LogP contribution is 2.22. The van der Waals surface area contributed by atoms with Crippen LogP contribution in [0, 0.1) is 0 Å². The molecule has 3 aromatic rings. The fourth-order valence-corrected chi connectivity index (χ4v) is 2.71. The number of hydrogen-bond donors (Lipinski definition) is 1. The molecule has 0 aliphatic rings. The second-order valence-electron chi connectivity index (χ2n) is 6.19. The summed E-state index contributed by atoms with van der Waals surface area (Å²) in [6.45, 7) is 1.54. The molecule has 1 heterocycles. The van der Waals surface area contributed by atoms with Crippen LogP contribution < -0.4 is 5.32 Å². The zero-order valence-corrected chi connectivity index (χ0v) is 15.4. The van der Waals surface area contributed by atoms with Gasteiger partial charge in [0.2, 0.25) is 0 Å². The second kappa shape index (κ2) is 9.37. The molecule has 0 bridgehead atoms. The van der Waals surface area contributed by atoms with Crippen LogP contribution in [0.1, 0.15) is 29.9 Å². The molecule has 1 atom stereocenters. The van der Waals surface area contributed by atoms with Gasteiger partial charge in [-0.1, -0.05) is 60.7 Å². The van der Waals surface area contributed by atoms with Crippen LogP contribution in [-0.2, 0) is 14.3 Å². The fourth-order valence-electron chi connectivity index (χ4n) is 2.71. The van der Waals surface area contributed by atoms with Crippen LogP contribution in [0.25, 0.3) is 6.08 Å². The number of carbonyl (C=O) groups excluding carboxylic acids is 2. The van der Waals surface area contributed by atoms with Gasteiger partial charge in [0.05, 0.1) is 12.3 Å². The number of hydrogen-bond acceptors (Lipinski definition) is 4. The van der Waals surface area contributed by atoms with E-state index in [0.29, 0.717) is 5.76 Å². The van der Waals surface area contributed by atoms with Crippen molar-refractivity contribution in [2.24, 2.45) is 0 Å². The van der Waals surface area contributed by atoms with Gasteiger partial charge in [-0.2, -0.15) is 0 Å². The lowest BCUT2D eigenvalue weighted by Crippen LogP contribution is -2.38. The lowest BCUT2D eigenvalue weighted by Gasteiger charge is -2.22. The Bertz CT molecular complexity index is 878. The summed E-state index contributed by atoms with van der Waals surface area (Å²) in [5.74, 6) is -0.463. The maximum Gasteiger partial charge on any atom is 0.331 e. The third-order valence-corrected chi connectivity index (χ3v) is 4.14. The Morgan fingerprint density at radius 2 is 1.54 bits per heavy atom. The van der Waals surface area contributed by atoms with Gasteiger partial charge in [-0.15, -0.1) is 0 Å². The number of amides is 1. The van der Waals surface area contributed by atoms with Crippen LogP contribution in [0.5, 0.6) is 0 Å². The second-order valence-corrected chi connectivity index (χ2v) is 6.19. The number of benzene rings is 2. The highest BCUT2D eigenvalue weighted by molar-refractivity contribution is 5.90. The van der Waals surface area contributed by atoms with Crippen LogP contribution in [0.4, 0.5) is 0 Å². The van der Waals surface area contributed by atoms with E-state index in [0.717, 1.165) is 11.1 Å². The molecule has 0 fully saturated rings. The van der Waals surface area contributed by atoms with Gasteiger partial charge in [0.15, 0.2) is 6.10 Å². The van der Waals surface area contributed by atoms with E-state index in [2.05, 4.69) is 5.32 Å². The van der Waals surface area contributed by atoms with Gasteiger partial charge in [-0.25, -0.2) is 4.79 Å². The topological polar surface area (TPSA) is 68.5 Å². The van der Waals surface area contributed by atoms with Gasteiger partial charge in [-0.3, -0.25) is 4.79 Å². The maximum atomic E-state index is 12.6. The van der Waals surface area contributed by atoms with E-state index in [-0.39, 0.29) is 11.9 Å². The predicted octanol–water partition coefficient (Wildman–Crippen LogP) is 4.13. The molecular weight excluding hydrogens is 354 g/mol. The molecule has 0 saturated carbocycles. The quantitative estimate of drug-likeness (QED) is 0.498. The fraction of sp³-hybridized carbons (Fsp3) is 0.130. The summed E-state index contributed by atoms with van der Waals surface area (Å²) in [5.41, 5.74) is 1.89. The van der Waals surface area contributed by atoms with Gasteiger partial charge >= 0.3 is 5.97 Å². The summed E-state index contributed by atoms with van der Waals surface area (Å²) in [7, 11) is 0. The monoisotopic (exact) mass is 375 g/mol. The standard InChI is InChI=1S/C23H21NO4/c1-17(28-21(25)15-14-20-13-8-16-27-20)23(26)24-22(18-9-4-2-5-10-18)19-11-6-3-7-12-19/h2-17,22H,1H3,(H,24,26)/b15-14+/t17-/m0/s1. The van der Waals surface area contributed by atoms with E-state index in [1.807, 2.05) is 60.7 Å². The van der Waals surface area contributed by atoms with Crippen molar-refractivity contribution in [3.8, 4) is 0 Å². The summed E-state index contributed by atoms with van der Waals surface area (Å²) in [4.78, 5) is 24.6. The first-order chi connectivity index (χ1) is 13.6. The van der Waals surface area contributed by atoms with Crippen molar-refractivity contribution in [1.82, 2.24) is 5.32 Å². The average molecular weight is 375 g/mol. The summed E-state index contributed by atoms with van der Waals surface area (Å²) < 4.78 is 10.3. The molecule has 2 aromatic carbocycles. The maximum absolute atomic E-state index is 12.6. The van der Waals surface area contributed by atoms with Crippen molar-refractivity contribution in [3.05, 3.63) is 102 Å². The molecule has 0 saturated heterocycles. The summed E-state index contributed by atoms with van der Waals surface area (Å²) in [6, 6.07) is 22.4. The number of carbonyl (C=O) groups is 2. The Hall–Kier alpha value is -3.60. The number of nitrogens with one attached hydrogen (secondary N) is 1. The van der Waals surface area contributed by atoms with Crippen molar-refractivity contribution >= 4 is 18.0 Å². The molecule has 0 spiro atoms. The summed E-state index contributed by atoms with van der Waals surface area (Å²) in [5, 5.41) is 2.97. The van der Waals surface area contributed by atoms with Crippen molar-refractivity contribution in [1.29, 1.82) is 0 Å². The van der Waals surface area contributed by atoms with Crippen LogP contribution in [-0.4, -0.2) is 18.0 Å². The molecule has 28 heavy (non-hydrogen) atoms. The molecule has 1 N–H and O–H groups in total. The Labute approximate surface area is 163 Å². The Kier molecular flexibility index (Phi) is 6.41. The number of ether oxygens (including phenoxy) is 1. The summed E-state index contributed by atoms with van der Waals surface area (Å²) >= 11 is 0. The van der Waals surface area contributed by atoms with Gasteiger partial charge in [0.1, 0.15) is 5.76 Å². The van der Waals surface area contributed by atoms with Gasteiger partial charge in [0, 0.05) is 6.08 Å². The highest BCUT2D eigenvalue weighted by atomic mass is 16.5. The lowest BCUT2D eigenvalue weighted by atomic mass is 9.98. The first-order valence-corrected chi connectivity index (χ1v) is 8.96. The Morgan fingerprint density at radius 1 is 0.929 bits per heavy atom.